The predicted molar refractivity (Wildman–Crippen MR) is 80.1 cm³/mol. The second kappa shape index (κ2) is 5.76. The quantitative estimate of drug-likeness (QED) is 0.646. The van der Waals surface area contributed by atoms with Crippen LogP contribution >= 0.6 is 0 Å². The molecule has 1 aromatic carbocycles. The third-order valence-electron chi connectivity index (χ3n) is 4.03. The van der Waals surface area contributed by atoms with Gasteiger partial charge in [-0.25, -0.2) is 18.0 Å². The number of halogens is 3. The number of aryl methyl sites for hydroxylation is 1. The summed E-state index contributed by atoms with van der Waals surface area (Å²) in [5.74, 6) is -5.03. The van der Waals surface area contributed by atoms with Crippen LogP contribution in [-0.4, -0.2) is 16.5 Å². The van der Waals surface area contributed by atoms with Crippen LogP contribution in [0.5, 0.6) is 0 Å². The van der Waals surface area contributed by atoms with E-state index in [1.807, 2.05) is 5.32 Å². The zero-order chi connectivity index (χ0) is 18.4. The molecule has 1 aliphatic heterocycles. The van der Waals surface area contributed by atoms with Crippen molar-refractivity contribution in [1.82, 2.24) is 15.2 Å². The van der Waals surface area contributed by atoms with Crippen LogP contribution in [0.25, 0.3) is 0 Å². The summed E-state index contributed by atoms with van der Waals surface area (Å²) in [5, 5.41) is 4.16. The van der Waals surface area contributed by atoms with Crippen LogP contribution in [0.15, 0.2) is 35.3 Å². The minimum atomic E-state index is -2.09. The van der Waals surface area contributed by atoms with Crippen LogP contribution in [0.1, 0.15) is 11.1 Å². The average Bonchev–Trinajstić information content (AvgIpc) is 2.82. The molecule has 1 unspecified atom stereocenters. The molecule has 0 bridgehead atoms. The highest BCUT2D eigenvalue weighted by Crippen LogP contribution is 2.30. The number of carbonyl (C=O) groups excluding carboxylic acids is 2. The molecule has 130 valence electrons. The summed E-state index contributed by atoms with van der Waals surface area (Å²) >= 11 is 0. The van der Waals surface area contributed by atoms with Crippen LogP contribution < -0.4 is 16.2 Å². The molecule has 1 saturated heterocycles. The molecule has 0 aliphatic carbocycles. The number of nitrogens with zero attached hydrogens (tertiary/aromatic N) is 1. The van der Waals surface area contributed by atoms with Gasteiger partial charge in [0.15, 0.2) is 17.2 Å². The Morgan fingerprint density at radius 1 is 1.08 bits per heavy atom. The molecular weight excluding hydrogens is 339 g/mol. The Morgan fingerprint density at radius 2 is 1.76 bits per heavy atom. The van der Waals surface area contributed by atoms with Crippen molar-refractivity contribution in [1.29, 1.82) is 0 Å². The van der Waals surface area contributed by atoms with Crippen molar-refractivity contribution >= 4 is 11.9 Å². The molecule has 3 amide bonds. The van der Waals surface area contributed by atoms with Gasteiger partial charge < -0.3 is 9.88 Å². The van der Waals surface area contributed by atoms with Crippen LogP contribution in [0.3, 0.4) is 0 Å². The first-order valence-electron chi connectivity index (χ1n) is 7.19. The summed E-state index contributed by atoms with van der Waals surface area (Å²) < 4.78 is 42.2. The van der Waals surface area contributed by atoms with Crippen LogP contribution in [0.4, 0.5) is 18.0 Å². The second-order valence-corrected chi connectivity index (χ2v) is 5.68. The number of nitrogens with one attached hydrogen (secondary N) is 2. The fourth-order valence-electron chi connectivity index (χ4n) is 2.76. The normalized spacial score (nSPS) is 19.7. The van der Waals surface area contributed by atoms with Crippen molar-refractivity contribution in [3.63, 3.8) is 0 Å². The lowest BCUT2D eigenvalue weighted by atomic mass is 9.89. The fourth-order valence-corrected chi connectivity index (χ4v) is 2.76. The van der Waals surface area contributed by atoms with E-state index in [1.54, 1.807) is 0 Å². The maximum atomic E-state index is 14.3. The summed E-state index contributed by atoms with van der Waals surface area (Å²) in [4.78, 5) is 36.2. The maximum Gasteiger partial charge on any atom is 0.322 e. The zero-order valence-electron chi connectivity index (χ0n) is 12.9. The molecule has 9 heteroatoms. The van der Waals surface area contributed by atoms with Gasteiger partial charge in [0.05, 0.1) is 6.54 Å². The standard InChI is InChI=1S/C16H12F3N3O3/c1-8-3-2-4-22(13(8)23)7-16(14(24)20-15(25)21-16)9-5-11(18)12(19)6-10(9)17/h2-6H,7H2,1H3,(H2,20,21,24,25). The summed E-state index contributed by atoms with van der Waals surface area (Å²) in [6.07, 6.45) is 1.34. The average molecular weight is 351 g/mol. The second-order valence-electron chi connectivity index (χ2n) is 5.68. The predicted octanol–water partition coefficient (Wildman–Crippen LogP) is 1.31. The number of imide groups is 1. The first-order valence-corrected chi connectivity index (χ1v) is 7.19. The number of urea groups is 1. The number of hydrogen-bond donors (Lipinski definition) is 2. The third kappa shape index (κ3) is 2.67. The lowest BCUT2D eigenvalue weighted by Gasteiger charge is -2.28. The smallest absolute Gasteiger partial charge is 0.318 e. The fraction of sp³-hybridized carbons (Fsp3) is 0.188. The van der Waals surface area contributed by atoms with Gasteiger partial charge in [-0.15, -0.1) is 0 Å². The first kappa shape index (κ1) is 16.7. The Hall–Kier alpha value is -3.10. The summed E-state index contributed by atoms with van der Waals surface area (Å²) in [6.45, 7) is 1.05. The third-order valence-corrected chi connectivity index (χ3v) is 4.03. The number of pyridine rings is 1. The Labute approximate surface area is 139 Å². The van der Waals surface area contributed by atoms with E-state index in [0.717, 1.165) is 4.57 Å². The molecule has 1 aromatic heterocycles. The van der Waals surface area contributed by atoms with Crippen molar-refractivity contribution < 1.29 is 22.8 Å². The molecule has 1 atom stereocenters. The van der Waals surface area contributed by atoms with Crippen LogP contribution in [0, 0.1) is 24.4 Å². The van der Waals surface area contributed by atoms with E-state index in [-0.39, 0.29) is 6.07 Å². The minimum absolute atomic E-state index is 0.281. The molecule has 3 rings (SSSR count). The van der Waals surface area contributed by atoms with E-state index in [0.29, 0.717) is 11.6 Å². The lowest BCUT2D eigenvalue weighted by Crippen LogP contribution is -2.49. The Balaban J connectivity index is 2.21. The topological polar surface area (TPSA) is 80.2 Å². The van der Waals surface area contributed by atoms with Gasteiger partial charge in [-0.05, 0) is 19.1 Å². The number of hydrogen-bond acceptors (Lipinski definition) is 3. The number of rotatable bonds is 3. The molecule has 1 fully saturated rings. The van der Waals surface area contributed by atoms with E-state index in [2.05, 4.69) is 5.32 Å². The Morgan fingerprint density at radius 3 is 2.40 bits per heavy atom. The van der Waals surface area contributed by atoms with E-state index in [1.165, 1.54) is 25.3 Å². The monoisotopic (exact) mass is 351 g/mol. The van der Waals surface area contributed by atoms with E-state index in [4.69, 9.17) is 0 Å². The highest BCUT2D eigenvalue weighted by atomic mass is 19.2. The van der Waals surface area contributed by atoms with Gasteiger partial charge >= 0.3 is 6.03 Å². The van der Waals surface area contributed by atoms with E-state index < -0.39 is 52.6 Å². The van der Waals surface area contributed by atoms with Crippen molar-refractivity contribution in [3.05, 3.63) is 69.4 Å². The number of aromatic nitrogens is 1. The Kier molecular flexibility index (Phi) is 3.86. The van der Waals surface area contributed by atoms with Crippen molar-refractivity contribution in [2.75, 3.05) is 0 Å². The SMILES string of the molecule is Cc1cccn(CC2(c3cc(F)c(F)cc3F)NC(=O)NC2=O)c1=O. The van der Waals surface area contributed by atoms with Gasteiger partial charge in [0.2, 0.25) is 0 Å². The van der Waals surface area contributed by atoms with Crippen molar-refractivity contribution in [2.45, 2.75) is 19.0 Å². The van der Waals surface area contributed by atoms with Gasteiger partial charge in [-0.2, -0.15) is 0 Å². The molecule has 1 aliphatic rings. The van der Waals surface area contributed by atoms with Crippen LogP contribution in [0.2, 0.25) is 0 Å². The highest BCUT2D eigenvalue weighted by molar-refractivity contribution is 6.07. The number of carbonyl (C=O) groups is 2. The van der Waals surface area contributed by atoms with E-state index in [9.17, 15) is 27.6 Å². The van der Waals surface area contributed by atoms with Gasteiger partial charge in [0, 0.05) is 23.4 Å². The molecule has 2 N–H and O–H groups in total. The van der Waals surface area contributed by atoms with Gasteiger partial charge in [0.1, 0.15) is 5.82 Å². The molecule has 6 nitrogen and oxygen atoms in total. The lowest BCUT2D eigenvalue weighted by molar-refractivity contribution is -0.125. The molecule has 0 spiro atoms. The Bertz CT molecular complexity index is 957. The summed E-state index contributed by atoms with van der Waals surface area (Å²) in [7, 11) is 0. The maximum absolute atomic E-state index is 14.3. The first-order chi connectivity index (χ1) is 11.7. The number of benzene rings is 1. The highest BCUT2D eigenvalue weighted by Gasteiger charge is 2.50. The van der Waals surface area contributed by atoms with Gasteiger partial charge in [-0.3, -0.25) is 14.9 Å². The number of amides is 3. The van der Waals surface area contributed by atoms with Crippen LogP contribution in [-0.2, 0) is 16.9 Å². The molecule has 2 heterocycles. The summed E-state index contributed by atoms with van der Waals surface area (Å²) in [6, 6.07) is 2.91. The molecule has 25 heavy (non-hydrogen) atoms. The summed E-state index contributed by atoms with van der Waals surface area (Å²) in [5.41, 5.74) is -2.79. The van der Waals surface area contributed by atoms with E-state index >= 15 is 0 Å². The minimum Gasteiger partial charge on any atom is -0.318 e. The molecule has 0 saturated carbocycles. The van der Waals surface area contributed by atoms with Gasteiger partial charge in [-0.1, -0.05) is 6.07 Å². The molecular formula is C16H12F3N3O3. The zero-order valence-corrected chi connectivity index (χ0v) is 12.9. The van der Waals surface area contributed by atoms with Crippen molar-refractivity contribution in [3.8, 4) is 0 Å². The molecule has 0 radical (unpaired) electrons. The van der Waals surface area contributed by atoms with Gasteiger partial charge in [0.25, 0.3) is 11.5 Å². The van der Waals surface area contributed by atoms with Crippen molar-refractivity contribution in [2.24, 2.45) is 0 Å². The largest absolute Gasteiger partial charge is 0.322 e. The molecule has 2 aromatic rings.